The second-order valence-corrected chi connectivity index (χ2v) is 5.90. The molecule has 1 aliphatic heterocycles. The van der Waals surface area contributed by atoms with Crippen LogP contribution < -0.4 is 5.32 Å². The number of aromatic hydroxyl groups is 1. The highest BCUT2D eigenvalue weighted by atomic mass is 35.5. The van der Waals surface area contributed by atoms with Crippen molar-refractivity contribution in [2.45, 2.75) is 25.3 Å². The van der Waals surface area contributed by atoms with Crippen molar-refractivity contribution in [1.29, 1.82) is 0 Å². The quantitative estimate of drug-likeness (QED) is 0.795. The molecule has 1 saturated carbocycles. The maximum atomic E-state index is 14.2. The maximum Gasteiger partial charge on any atom is 0.195 e. The fourth-order valence-corrected chi connectivity index (χ4v) is 3.03. The second kappa shape index (κ2) is 8.42. The predicted octanol–water partition coefficient (Wildman–Crippen LogP) is 3.40. The maximum absolute atomic E-state index is 14.2. The van der Waals surface area contributed by atoms with Gasteiger partial charge in [-0.3, -0.25) is 4.90 Å². The third-order valence-corrected chi connectivity index (χ3v) is 4.36. The minimum atomic E-state index is -1.50. The number of hydrogen-bond donors (Lipinski definition) is 2. The van der Waals surface area contributed by atoms with Crippen molar-refractivity contribution in [1.82, 2.24) is 10.2 Å². The summed E-state index contributed by atoms with van der Waals surface area (Å²) in [6.45, 7) is 2.95. The zero-order valence-corrected chi connectivity index (χ0v) is 14.2. The van der Waals surface area contributed by atoms with Crippen molar-refractivity contribution in [3.05, 3.63) is 29.1 Å². The van der Waals surface area contributed by atoms with Crippen molar-refractivity contribution < 1.29 is 18.3 Å². The Bertz CT molecular complexity index is 538. The van der Waals surface area contributed by atoms with E-state index in [-0.39, 0.29) is 30.4 Å². The van der Waals surface area contributed by atoms with E-state index in [0.717, 1.165) is 25.9 Å². The van der Waals surface area contributed by atoms with Crippen LogP contribution in [0.1, 0.15) is 30.9 Å². The molecule has 132 valence electrons. The van der Waals surface area contributed by atoms with E-state index in [1.807, 2.05) is 4.90 Å². The normalized spacial score (nSPS) is 19.6. The average molecular weight is 373 g/mol. The van der Waals surface area contributed by atoms with Crippen LogP contribution in [-0.4, -0.2) is 36.2 Å². The lowest BCUT2D eigenvalue weighted by Crippen LogP contribution is -2.45. The third-order valence-electron chi connectivity index (χ3n) is 4.36. The van der Waals surface area contributed by atoms with Gasteiger partial charge in [0.15, 0.2) is 17.5 Å². The summed E-state index contributed by atoms with van der Waals surface area (Å²) in [6.07, 6.45) is 2.83. The SMILES string of the molecule is Cl.Cl.Oc1cc(F)c(F)c(F)c1[C@H](CC1CC1)N1CCNCC1. The van der Waals surface area contributed by atoms with Gasteiger partial charge in [-0.2, -0.15) is 0 Å². The number of hydrogen-bond acceptors (Lipinski definition) is 3. The van der Waals surface area contributed by atoms with Gasteiger partial charge in [0.25, 0.3) is 0 Å². The summed E-state index contributed by atoms with van der Waals surface area (Å²) >= 11 is 0. The smallest absolute Gasteiger partial charge is 0.195 e. The number of benzene rings is 1. The number of phenols is 1. The van der Waals surface area contributed by atoms with E-state index in [4.69, 9.17) is 0 Å². The molecule has 1 atom stereocenters. The molecule has 2 N–H and O–H groups in total. The summed E-state index contributed by atoms with van der Waals surface area (Å²) in [5, 5.41) is 13.1. The van der Waals surface area contributed by atoms with Gasteiger partial charge < -0.3 is 10.4 Å². The van der Waals surface area contributed by atoms with Crippen molar-refractivity contribution in [2.24, 2.45) is 5.92 Å². The first-order chi connectivity index (χ1) is 10.1. The first-order valence-electron chi connectivity index (χ1n) is 7.39. The van der Waals surface area contributed by atoms with E-state index in [1.54, 1.807) is 0 Å². The Hall–Kier alpha value is -0.690. The van der Waals surface area contributed by atoms with Crippen molar-refractivity contribution in [3.8, 4) is 5.75 Å². The van der Waals surface area contributed by atoms with Gasteiger partial charge in [-0.25, -0.2) is 13.2 Å². The molecule has 1 aliphatic carbocycles. The summed E-state index contributed by atoms with van der Waals surface area (Å²) in [7, 11) is 0. The van der Waals surface area contributed by atoms with Gasteiger partial charge in [-0.15, -0.1) is 24.8 Å². The molecule has 23 heavy (non-hydrogen) atoms. The number of piperazine rings is 1. The average Bonchev–Trinajstić information content (AvgIpc) is 3.29. The first kappa shape index (κ1) is 20.4. The van der Waals surface area contributed by atoms with Crippen LogP contribution in [0.2, 0.25) is 0 Å². The van der Waals surface area contributed by atoms with Gasteiger partial charge in [0.2, 0.25) is 0 Å². The van der Waals surface area contributed by atoms with Crippen LogP contribution in [0.5, 0.6) is 5.75 Å². The van der Waals surface area contributed by atoms with Crippen LogP contribution in [0.4, 0.5) is 13.2 Å². The van der Waals surface area contributed by atoms with Gasteiger partial charge in [-0.05, 0) is 12.3 Å². The lowest BCUT2D eigenvalue weighted by Gasteiger charge is -2.35. The molecule has 1 aromatic carbocycles. The Morgan fingerprint density at radius 1 is 1.13 bits per heavy atom. The van der Waals surface area contributed by atoms with E-state index >= 15 is 0 Å². The topological polar surface area (TPSA) is 35.5 Å². The molecule has 1 aromatic rings. The molecule has 0 amide bonds. The van der Waals surface area contributed by atoms with Gasteiger partial charge in [-0.1, -0.05) is 12.8 Å². The van der Waals surface area contributed by atoms with E-state index < -0.39 is 29.2 Å². The molecule has 0 spiro atoms. The van der Waals surface area contributed by atoms with Crippen molar-refractivity contribution in [2.75, 3.05) is 26.2 Å². The highest BCUT2D eigenvalue weighted by Crippen LogP contribution is 2.43. The molecule has 2 fully saturated rings. The molecule has 2 aliphatic rings. The Labute approximate surface area is 146 Å². The van der Waals surface area contributed by atoms with Crippen LogP contribution in [-0.2, 0) is 0 Å². The van der Waals surface area contributed by atoms with Crippen LogP contribution in [0.25, 0.3) is 0 Å². The van der Waals surface area contributed by atoms with Gasteiger partial charge in [0.1, 0.15) is 5.75 Å². The summed E-state index contributed by atoms with van der Waals surface area (Å²) in [5.74, 6) is -4.11. The van der Waals surface area contributed by atoms with Crippen molar-refractivity contribution >= 4 is 24.8 Å². The minimum absolute atomic E-state index is 0. The molecule has 1 saturated heterocycles. The fourth-order valence-electron chi connectivity index (χ4n) is 3.03. The number of halogens is 5. The lowest BCUT2D eigenvalue weighted by molar-refractivity contribution is 0.153. The monoisotopic (exact) mass is 372 g/mol. The largest absolute Gasteiger partial charge is 0.507 e. The molecule has 8 heteroatoms. The van der Waals surface area contributed by atoms with E-state index in [1.165, 1.54) is 0 Å². The van der Waals surface area contributed by atoms with Crippen molar-refractivity contribution in [3.63, 3.8) is 0 Å². The second-order valence-electron chi connectivity index (χ2n) is 5.90. The number of rotatable bonds is 4. The Balaban J connectivity index is 0.00000132. The molecule has 0 bridgehead atoms. The predicted molar refractivity (Wildman–Crippen MR) is 87.0 cm³/mol. The number of nitrogens with zero attached hydrogens (tertiary/aromatic N) is 1. The summed E-state index contributed by atoms with van der Waals surface area (Å²) in [4.78, 5) is 2.05. The van der Waals surface area contributed by atoms with Gasteiger partial charge in [0, 0.05) is 43.9 Å². The van der Waals surface area contributed by atoms with Gasteiger partial charge in [0.05, 0.1) is 0 Å². The Morgan fingerprint density at radius 3 is 2.30 bits per heavy atom. The highest BCUT2D eigenvalue weighted by molar-refractivity contribution is 5.85. The van der Waals surface area contributed by atoms with Crippen LogP contribution in [0, 0.1) is 23.4 Å². The summed E-state index contributed by atoms with van der Waals surface area (Å²) in [5.41, 5.74) is -0.0947. The van der Waals surface area contributed by atoms with E-state index in [2.05, 4.69) is 5.32 Å². The number of nitrogens with one attached hydrogen (secondary N) is 1. The molecular formula is C15H21Cl2F3N2O. The first-order valence-corrected chi connectivity index (χ1v) is 7.39. The lowest BCUT2D eigenvalue weighted by atomic mass is 9.96. The minimum Gasteiger partial charge on any atom is -0.507 e. The third kappa shape index (κ3) is 4.44. The van der Waals surface area contributed by atoms with E-state index in [0.29, 0.717) is 31.5 Å². The standard InChI is InChI=1S/C15H19F3N2O.2ClH/c16-10-8-12(21)13(15(18)14(10)17)11(7-9-1-2-9)20-5-3-19-4-6-20;;/h8-9,11,19,21H,1-7H2;2*1H/t11-;;/m0../s1. The zero-order chi connectivity index (χ0) is 15.0. The zero-order valence-electron chi connectivity index (χ0n) is 12.5. The molecule has 3 nitrogen and oxygen atoms in total. The van der Waals surface area contributed by atoms with Gasteiger partial charge >= 0.3 is 0 Å². The summed E-state index contributed by atoms with van der Waals surface area (Å²) < 4.78 is 40.9. The van der Waals surface area contributed by atoms with Crippen LogP contribution in [0.3, 0.4) is 0 Å². The molecule has 0 unspecified atom stereocenters. The van der Waals surface area contributed by atoms with E-state index in [9.17, 15) is 18.3 Å². The van der Waals surface area contributed by atoms with Crippen LogP contribution in [0.15, 0.2) is 6.07 Å². The Morgan fingerprint density at radius 2 is 1.74 bits per heavy atom. The summed E-state index contributed by atoms with van der Waals surface area (Å²) in [6, 6.07) is 0.283. The van der Waals surface area contributed by atoms with Crippen LogP contribution >= 0.6 is 24.8 Å². The molecular weight excluding hydrogens is 352 g/mol. The molecule has 3 rings (SSSR count). The molecule has 0 radical (unpaired) electrons. The number of phenolic OH excluding ortho intramolecular Hbond substituents is 1. The molecule has 0 aromatic heterocycles. The Kier molecular flexibility index (Phi) is 7.45. The fraction of sp³-hybridized carbons (Fsp3) is 0.600. The highest BCUT2D eigenvalue weighted by Gasteiger charge is 2.35. The molecule has 1 heterocycles.